The molecule has 0 fully saturated rings. The lowest BCUT2D eigenvalue weighted by molar-refractivity contribution is 0.317. The largest absolute Gasteiger partial charge is 0.494 e. The van der Waals surface area contributed by atoms with Crippen molar-refractivity contribution in [2.24, 2.45) is 0 Å². The van der Waals surface area contributed by atoms with Gasteiger partial charge in [-0.2, -0.15) is 0 Å². The molecule has 0 aliphatic carbocycles. The molecule has 2 rings (SSSR count). The van der Waals surface area contributed by atoms with Gasteiger partial charge < -0.3 is 10.5 Å². The van der Waals surface area contributed by atoms with Crippen LogP contribution < -0.4 is 10.5 Å². The number of hydrogen-bond acceptors (Lipinski definition) is 4. The molecule has 1 heterocycles. The average Bonchev–Trinajstić information content (AvgIpc) is 2.38. The van der Waals surface area contributed by atoms with Crippen LogP contribution in [0.5, 0.6) is 5.75 Å². The molecule has 2 aromatic rings. The second kappa shape index (κ2) is 5.30. The van der Waals surface area contributed by atoms with Crippen molar-refractivity contribution in [3.8, 4) is 17.1 Å². The Bertz CT molecular complexity index is 465. The molecular formula is C13H15N3O. The van der Waals surface area contributed by atoms with Gasteiger partial charge in [0.25, 0.3) is 0 Å². The van der Waals surface area contributed by atoms with Crippen LogP contribution in [0.4, 0.5) is 5.69 Å². The summed E-state index contributed by atoms with van der Waals surface area (Å²) < 4.78 is 5.50. The molecule has 0 aliphatic rings. The minimum atomic E-state index is 0.566. The molecule has 0 amide bonds. The molecule has 17 heavy (non-hydrogen) atoms. The van der Waals surface area contributed by atoms with Crippen LogP contribution in [0, 0.1) is 0 Å². The normalized spacial score (nSPS) is 10.2. The fourth-order valence-corrected chi connectivity index (χ4v) is 1.41. The summed E-state index contributed by atoms with van der Waals surface area (Å²) in [4.78, 5) is 8.33. The van der Waals surface area contributed by atoms with Crippen molar-refractivity contribution in [1.82, 2.24) is 9.97 Å². The molecule has 4 nitrogen and oxygen atoms in total. The molecule has 0 saturated heterocycles. The molecule has 0 radical (unpaired) electrons. The van der Waals surface area contributed by atoms with Gasteiger partial charge in [0.15, 0.2) is 5.82 Å². The minimum absolute atomic E-state index is 0.566. The number of anilines is 1. The average molecular weight is 229 g/mol. The zero-order valence-electron chi connectivity index (χ0n) is 9.76. The Hall–Kier alpha value is -2.10. The number of hydrogen-bond donors (Lipinski definition) is 1. The van der Waals surface area contributed by atoms with Crippen molar-refractivity contribution >= 4 is 5.69 Å². The van der Waals surface area contributed by atoms with Gasteiger partial charge in [-0.15, -0.1) is 0 Å². The Balaban J connectivity index is 2.14. The number of ether oxygens (including phenoxy) is 1. The molecule has 4 heteroatoms. The van der Waals surface area contributed by atoms with Gasteiger partial charge in [0, 0.05) is 5.56 Å². The van der Waals surface area contributed by atoms with Crippen LogP contribution in [-0.4, -0.2) is 16.6 Å². The number of aromatic nitrogens is 2. The molecule has 1 aromatic heterocycles. The predicted octanol–water partition coefficient (Wildman–Crippen LogP) is 2.51. The monoisotopic (exact) mass is 229 g/mol. The predicted molar refractivity (Wildman–Crippen MR) is 67.7 cm³/mol. The first-order valence-electron chi connectivity index (χ1n) is 5.60. The first kappa shape index (κ1) is 11.4. The molecule has 0 aliphatic heterocycles. The van der Waals surface area contributed by atoms with Gasteiger partial charge in [-0.05, 0) is 30.7 Å². The molecule has 0 bridgehead atoms. The summed E-state index contributed by atoms with van der Waals surface area (Å²) >= 11 is 0. The van der Waals surface area contributed by atoms with E-state index in [0.717, 1.165) is 24.3 Å². The molecule has 0 spiro atoms. The van der Waals surface area contributed by atoms with Crippen molar-refractivity contribution < 1.29 is 4.74 Å². The third-order valence-electron chi connectivity index (χ3n) is 2.26. The summed E-state index contributed by atoms with van der Waals surface area (Å²) in [5, 5.41) is 0. The molecule has 88 valence electrons. The number of nitrogens with two attached hydrogens (primary N) is 1. The van der Waals surface area contributed by atoms with Gasteiger partial charge in [-0.3, -0.25) is 0 Å². The second-order valence-electron chi connectivity index (χ2n) is 3.71. The van der Waals surface area contributed by atoms with Gasteiger partial charge in [-0.25, -0.2) is 9.97 Å². The summed E-state index contributed by atoms with van der Waals surface area (Å²) in [6.45, 7) is 2.81. The summed E-state index contributed by atoms with van der Waals surface area (Å²) in [5.74, 6) is 1.53. The van der Waals surface area contributed by atoms with E-state index in [4.69, 9.17) is 10.5 Å². The van der Waals surface area contributed by atoms with Crippen molar-refractivity contribution in [2.75, 3.05) is 12.3 Å². The van der Waals surface area contributed by atoms with E-state index < -0.39 is 0 Å². The van der Waals surface area contributed by atoms with Crippen LogP contribution in [-0.2, 0) is 0 Å². The van der Waals surface area contributed by atoms with Crippen molar-refractivity contribution in [3.05, 3.63) is 36.7 Å². The molecule has 2 N–H and O–H groups in total. The SMILES string of the molecule is CCCOc1ccc(-c2ncc(N)cn2)cc1. The maximum absolute atomic E-state index is 5.54. The summed E-state index contributed by atoms with van der Waals surface area (Å²) in [5.41, 5.74) is 7.06. The zero-order chi connectivity index (χ0) is 12.1. The smallest absolute Gasteiger partial charge is 0.159 e. The highest BCUT2D eigenvalue weighted by atomic mass is 16.5. The Labute approximate surface area is 100 Å². The van der Waals surface area contributed by atoms with E-state index in [-0.39, 0.29) is 0 Å². The second-order valence-corrected chi connectivity index (χ2v) is 3.71. The van der Waals surface area contributed by atoms with E-state index >= 15 is 0 Å². The number of rotatable bonds is 4. The van der Waals surface area contributed by atoms with Gasteiger partial charge in [0.2, 0.25) is 0 Å². The Morgan fingerprint density at radius 2 is 1.76 bits per heavy atom. The lowest BCUT2D eigenvalue weighted by Gasteiger charge is -2.05. The molecule has 0 atom stereocenters. The topological polar surface area (TPSA) is 61.0 Å². The van der Waals surface area contributed by atoms with E-state index in [2.05, 4.69) is 16.9 Å². The number of benzene rings is 1. The lowest BCUT2D eigenvalue weighted by atomic mass is 10.2. The maximum atomic E-state index is 5.54. The van der Waals surface area contributed by atoms with Gasteiger partial charge in [0.1, 0.15) is 5.75 Å². The van der Waals surface area contributed by atoms with Crippen LogP contribution in [0.2, 0.25) is 0 Å². The number of nitrogen functional groups attached to an aromatic ring is 1. The van der Waals surface area contributed by atoms with Crippen LogP contribution >= 0.6 is 0 Å². The minimum Gasteiger partial charge on any atom is -0.494 e. The van der Waals surface area contributed by atoms with E-state index in [1.54, 1.807) is 12.4 Å². The van der Waals surface area contributed by atoms with Crippen molar-refractivity contribution in [3.63, 3.8) is 0 Å². The highest BCUT2D eigenvalue weighted by Crippen LogP contribution is 2.19. The Kier molecular flexibility index (Phi) is 3.55. The van der Waals surface area contributed by atoms with E-state index in [0.29, 0.717) is 11.5 Å². The third-order valence-corrected chi connectivity index (χ3v) is 2.26. The quantitative estimate of drug-likeness (QED) is 0.875. The first-order chi connectivity index (χ1) is 8.29. The highest BCUT2D eigenvalue weighted by molar-refractivity contribution is 5.56. The fraction of sp³-hybridized carbons (Fsp3) is 0.231. The summed E-state index contributed by atoms with van der Waals surface area (Å²) in [7, 11) is 0. The molecular weight excluding hydrogens is 214 g/mol. The first-order valence-corrected chi connectivity index (χ1v) is 5.60. The van der Waals surface area contributed by atoms with Gasteiger partial charge >= 0.3 is 0 Å². The van der Waals surface area contributed by atoms with Crippen molar-refractivity contribution in [2.45, 2.75) is 13.3 Å². The Morgan fingerprint density at radius 1 is 1.12 bits per heavy atom. The van der Waals surface area contributed by atoms with Gasteiger partial charge in [-0.1, -0.05) is 6.92 Å². The van der Waals surface area contributed by atoms with Crippen LogP contribution in [0.15, 0.2) is 36.7 Å². The maximum Gasteiger partial charge on any atom is 0.159 e. The Morgan fingerprint density at radius 3 is 2.35 bits per heavy atom. The lowest BCUT2D eigenvalue weighted by Crippen LogP contribution is -1.95. The summed E-state index contributed by atoms with van der Waals surface area (Å²) in [6, 6.07) is 7.72. The van der Waals surface area contributed by atoms with E-state index in [9.17, 15) is 0 Å². The third kappa shape index (κ3) is 2.93. The number of nitrogens with zero attached hydrogens (tertiary/aromatic N) is 2. The van der Waals surface area contributed by atoms with Crippen molar-refractivity contribution in [1.29, 1.82) is 0 Å². The van der Waals surface area contributed by atoms with E-state index in [1.165, 1.54) is 0 Å². The molecule has 0 unspecified atom stereocenters. The van der Waals surface area contributed by atoms with Crippen LogP contribution in [0.1, 0.15) is 13.3 Å². The van der Waals surface area contributed by atoms with Crippen LogP contribution in [0.3, 0.4) is 0 Å². The summed E-state index contributed by atoms with van der Waals surface area (Å²) in [6.07, 6.45) is 4.20. The van der Waals surface area contributed by atoms with Crippen LogP contribution in [0.25, 0.3) is 11.4 Å². The van der Waals surface area contributed by atoms with E-state index in [1.807, 2.05) is 24.3 Å². The molecule has 1 aromatic carbocycles. The standard InChI is InChI=1S/C13H15N3O/c1-2-7-17-12-5-3-10(4-6-12)13-15-8-11(14)9-16-13/h3-6,8-9H,2,7,14H2,1H3. The highest BCUT2D eigenvalue weighted by Gasteiger charge is 2.01. The zero-order valence-corrected chi connectivity index (χ0v) is 9.76. The van der Waals surface area contributed by atoms with Gasteiger partial charge in [0.05, 0.1) is 24.7 Å². The molecule has 0 saturated carbocycles. The fourth-order valence-electron chi connectivity index (χ4n) is 1.41.